The van der Waals surface area contributed by atoms with Crippen LogP contribution in [0.25, 0.3) is 22.8 Å². The van der Waals surface area contributed by atoms with Crippen molar-refractivity contribution in [3.8, 4) is 93.1 Å². The molecule has 9 heteroatoms. The van der Waals surface area contributed by atoms with Gasteiger partial charge >= 0.3 is 17.1 Å². The van der Waals surface area contributed by atoms with Crippen LogP contribution in [-0.2, 0) is 17.1 Å². The third kappa shape index (κ3) is 9.52. The summed E-state index contributed by atoms with van der Waals surface area (Å²) in [5.74, 6) is 25.5. The van der Waals surface area contributed by atoms with E-state index < -0.39 is 0 Å². The molecule has 2 aliphatic heterocycles. The van der Waals surface area contributed by atoms with Crippen molar-refractivity contribution >= 4 is 0 Å². The Morgan fingerprint density at radius 2 is 0.644 bits per heavy atom. The van der Waals surface area contributed by atoms with Gasteiger partial charge in [-0.05, 0) is 72.8 Å². The van der Waals surface area contributed by atoms with E-state index in [0.29, 0.717) is 45.8 Å². The van der Waals surface area contributed by atoms with Crippen LogP contribution in [0.15, 0.2) is 97.6 Å². The predicted octanol–water partition coefficient (Wildman–Crippen LogP) is 4.95. The van der Waals surface area contributed by atoms with Gasteiger partial charge in [0.25, 0.3) is 0 Å². The molecule has 0 bridgehead atoms. The number of ether oxygens (including phenoxy) is 4. The first-order chi connectivity index (χ1) is 21.9. The summed E-state index contributed by atoms with van der Waals surface area (Å²) in [6, 6.07) is 14.6. The summed E-state index contributed by atoms with van der Waals surface area (Å²) in [7, 11) is 0. The fraction of sp³-hybridized carbons (Fsp3) is 0.111. The van der Waals surface area contributed by atoms with Gasteiger partial charge in [0.05, 0.1) is 0 Å². The Bertz CT molecular complexity index is 1650. The summed E-state index contributed by atoms with van der Waals surface area (Å²) >= 11 is 0. The van der Waals surface area contributed by atoms with Crippen LogP contribution in [0.2, 0.25) is 0 Å². The van der Waals surface area contributed by atoms with Crippen LogP contribution in [0, 0.1) is 47.4 Å². The van der Waals surface area contributed by atoms with Crippen molar-refractivity contribution in [3.63, 3.8) is 0 Å². The van der Waals surface area contributed by atoms with E-state index >= 15 is 0 Å². The second-order valence-electron chi connectivity index (χ2n) is 8.51. The van der Waals surface area contributed by atoms with Gasteiger partial charge in [-0.2, -0.15) is 0 Å². The number of nitrogens with zero attached hydrogens (tertiary/aromatic N) is 4. The van der Waals surface area contributed by atoms with Crippen LogP contribution in [0.5, 0.6) is 23.0 Å². The van der Waals surface area contributed by atoms with Gasteiger partial charge < -0.3 is 18.9 Å². The van der Waals surface area contributed by atoms with Gasteiger partial charge in [0.1, 0.15) is 72.2 Å². The van der Waals surface area contributed by atoms with Gasteiger partial charge in [0, 0.05) is 24.8 Å². The van der Waals surface area contributed by atoms with Crippen molar-refractivity contribution in [1.29, 1.82) is 0 Å². The maximum atomic E-state index is 5.69. The van der Waals surface area contributed by atoms with E-state index in [1.807, 2.05) is 48.5 Å². The topological polar surface area (TPSA) is 88.5 Å². The largest absolute Gasteiger partial charge is 2.00 e. The van der Waals surface area contributed by atoms with Crippen LogP contribution < -0.4 is 18.9 Å². The van der Waals surface area contributed by atoms with E-state index in [-0.39, 0.29) is 43.5 Å². The van der Waals surface area contributed by atoms with Gasteiger partial charge in [-0.1, -0.05) is 47.4 Å². The molecule has 45 heavy (non-hydrogen) atoms. The third-order valence-corrected chi connectivity index (χ3v) is 5.64. The molecule has 6 rings (SSSR count). The Morgan fingerprint density at radius 3 is 0.889 bits per heavy atom. The summed E-state index contributed by atoms with van der Waals surface area (Å²) < 4.78 is 22.8. The zero-order valence-corrected chi connectivity index (χ0v) is 24.7. The quantitative estimate of drug-likeness (QED) is 0.197. The maximum Gasteiger partial charge on any atom is 2.00 e. The fourth-order valence-electron chi connectivity index (χ4n) is 3.76. The molecule has 0 amide bonds. The molecule has 2 aliphatic rings. The summed E-state index contributed by atoms with van der Waals surface area (Å²) in [4.78, 5) is 17.5. The van der Waals surface area contributed by atoms with Crippen LogP contribution in [-0.4, -0.2) is 46.4 Å². The molecule has 4 aromatic heterocycles. The first-order valence-electron chi connectivity index (χ1n) is 13.5. The first-order valence-corrected chi connectivity index (χ1v) is 13.5. The van der Waals surface area contributed by atoms with Gasteiger partial charge in [-0.25, -0.2) is 0 Å². The molecule has 8 nitrogen and oxygen atoms in total. The molecule has 0 fully saturated rings. The normalized spacial score (nSPS) is 13.9. The van der Waals surface area contributed by atoms with Gasteiger partial charge in [-0.3, -0.25) is 19.9 Å². The first kappa shape index (κ1) is 32.0. The van der Waals surface area contributed by atoms with Crippen molar-refractivity contribution < 1.29 is 36.0 Å². The van der Waals surface area contributed by atoms with Crippen LogP contribution in [0.3, 0.4) is 0 Å². The second-order valence-corrected chi connectivity index (χ2v) is 8.51. The minimum Gasteiger partial charge on any atom is -0.479 e. The molecule has 4 aromatic rings. The molecule has 0 unspecified atom stereocenters. The van der Waals surface area contributed by atoms with Gasteiger partial charge in [0.15, 0.2) is 0 Å². The molecular weight excluding hydrogens is 616 g/mol. The molecule has 0 aliphatic carbocycles. The van der Waals surface area contributed by atoms with E-state index in [2.05, 4.69) is 67.3 Å². The van der Waals surface area contributed by atoms with E-state index in [1.165, 1.54) is 0 Å². The minimum absolute atomic E-state index is 0. The van der Waals surface area contributed by atoms with Crippen molar-refractivity contribution in [2.45, 2.75) is 0 Å². The number of pyridine rings is 4. The molecule has 221 valence electrons. The van der Waals surface area contributed by atoms with Gasteiger partial charge in [-0.15, -0.1) is 0 Å². The summed E-state index contributed by atoms with van der Waals surface area (Å²) in [6.45, 7) is 1.05. The zero-order chi connectivity index (χ0) is 30.1. The van der Waals surface area contributed by atoms with Gasteiger partial charge in [0.2, 0.25) is 0 Å². The molecule has 0 saturated carbocycles. The van der Waals surface area contributed by atoms with E-state index in [0.717, 1.165) is 0 Å². The standard InChI is InChI=1S/2C18H12N2O2.Cu/c2*1-2-4-6-14-22-16-10-8-12-20-18(16)17-15(9-7-11-19-17)21-13-5-3-1;/h2*1-2,7-12H,13-14H2;/q;;+2/b2*2-1-;. The number of rotatable bonds is 0. The third-order valence-electron chi connectivity index (χ3n) is 5.64. The number of fused-ring (bicyclic) bond motifs is 6. The van der Waals surface area contributed by atoms with E-state index in [9.17, 15) is 0 Å². The smallest absolute Gasteiger partial charge is 0.479 e. The summed E-state index contributed by atoms with van der Waals surface area (Å²) in [6.07, 6.45) is 13.5. The second kappa shape index (κ2) is 17.9. The maximum absolute atomic E-state index is 5.69. The Morgan fingerprint density at radius 1 is 0.400 bits per heavy atom. The summed E-state index contributed by atoms with van der Waals surface area (Å²) in [5, 5.41) is 0. The van der Waals surface area contributed by atoms with Crippen LogP contribution in [0.4, 0.5) is 0 Å². The number of allylic oxidation sites excluding steroid dienone is 4. The molecule has 1 radical (unpaired) electrons. The van der Waals surface area contributed by atoms with E-state index in [4.69, 9.17) is 18.9 Å². The average molecular weight is 640 g/mol. The molecule has 0 aromatic carbocycles. The van der Waals surface area contributed by atoms with Crippen molar-refractivity contribution in [2.75, 3.05) is 26.4 Å². The summed E-state index contributed by atoms with van der Waals surface area (Å²) in [5.41, 5.74) is 2.50. The van der Waals surface area contributed by atoms with E-state index in [1.54, 1.807) is 49.1 Å². The zero-order valence-electron chi connectivity index (χ0n) is 23.8. The van der Waals surface area contributed by atoms with Crippen LogP contribution in [0.1, 0.15) is 0 Å². The molecule has 0 N–H and O–H groups in total. The number of hydrogen-bond acceptors (Lipinski definition) is 8. The molecule has 0 saturated heterocycles. The minimum atomic E-state index is 0. The Balaban J connectivity index is 0.000000200. The molecular formula is C36H24CuN4O4+2. The van der Waals surface area contributed by atoms with Crippen LogP contribution >= 0.6 is 0 Å². The molecule has 0 atom stereocenters. The number of aromatic nitrogens is 4. The molecule has 0 spiro atoms. The Labute approximate surface area is 272 Å². The fourth-order valence-corrected chi connectivity index (χ4v) is 3.76. The van der Waals surface area contributed by atoms with Crippen molar-refractivity contribution in [1.82, 2.24) is 19.9 Å². The SMILES string of the molecule is C1#CCOc2cccnc2-c2ncccc2OCC#C/C=C\1.C1#CCOc2cccnc2-c2ncccc2OCC#C/C=C\1.[Cu+2]. The Kier molecular flexibility index (Phi) is 12.7. The predicted molar refractivity (Wildman–Crippen MR) is 166 cm³/mol. The average Bonchev–Trinajstić information content (AvgIpc) is 3.07. The molecule has 6 heterocycles. The van der Waals surface area contributed by atoms with Crippen molar-refractivity contribution in [2.24, 2.45) is 0 Å². The monoisotopic (exact) mass is 639 g/mol. The number of hydrogen-bond donors (Lipinski definition) is 0. The van der Waals surface area contributed by atoms with Crippen molar-refractivity contribution in [3.05, 3.63) is 97.6 Å². The Hall–Kier alpha value is -5.96.